The van der Waals surface area contributed by atoms with Crippen LogP contribution >= 0.6 is 11.3 Å². The molecule has 2 rings (SSSR count). The number of piperidine rings is 1. The van der Waals surface area contributed by atoms with Crippen LogP contribution in [0.3, 0.4) is 0 Å². The van der Waals surface area contributed by atoms with Crippen molar-refractivity contribution in [2.24, 2.45) is 11.8 Å². The zero-order chi connectivity index (χ0) is 15.1. The topological polar surface area (TPSA) is 74.7 Å². The van der Waals surface area contributed by atoms with Crippen LogP contribution in [0, 0.1) is 18.8 Å². The third-order valence-corrected chi connectivity index (χ3v) is 6.66. The van der Waals surface area contributed by atoms with Crippen LogP contribution in [0.1, 0.15) is 34.8 Å². The van der Waals surface area contributed by atoms with Gasteiger partial charge in [-0.05, 0) is 31.2 Å². The minimum absolute atomic E-state index is 0.0687. The Labute approximate surface area is 123 Å². The number of aryl methyl sites for hydroxylation is 1. The van der Waals surface area contributed by atoms with Crippen LogP contribution in [0.15, 0.2) is 11.0 Å². The van der Waals surface area contributed by atoms with Crippen molar-refractivity contribution in [1.82, 2.24) is 4.31 Å². The fraction of sp³-hybridized carbons (Fsp3) is 0.615. The number of carbonyl (C=O) groups is 1. The lowest BCUT2D eigenvalue weighted by Crippen LogP contribution is -2.42. The molecule has 1 fully saturated rings. The molecule has 1 aliphatic heterocycles. The van der Waals surface area contributed by atoms with Gasteiger partial charge in [0.25, 0.3) is 0 Å². The molecule has 0 amide bonds. The number of aromatic carboxylic acids is 1. The number of carboxylic acids is 1. The molecule has 0 bridgehead atoms. The summed E-state index contributed by atoms with van der Waals surface area (Å²) >= 11 is 1.01. The van der Waals surface area contributed by atoms with Gasteiger partial charge in [0.2, 0.25) is 10.0 Å². The van der Waals surface area contributed by atoms with Crippen LogP contribution in [0.2, 0.25) is 0 Å². The fourth-order valence-corrected chi connectivity index (χ4v) is 5.85. The Balaban J connectivity index is 2.37. The zero-order valence-electron chi connectivity index (χ0n) is 11.8. The van der Waals surface area contributed by atoms with Gasteiger partial charge in [0.05, 0.1) is 4.90 Å². The van der Waals surface area contributed by atoms with E-state index in [0.717, 1.165) is 17.8 Å². The van der Waals surface area contributed by atoms with Gasteiger partial charge in [-0.3, -0.25) is 0 Å². The van der Waals surface area contributed by atoms with Crippen molar-refractivity contribution in [3.05, 3.63) is 15.8 Å². The molecule has 0 aromatic carbocycles. The predicted octanol–water partition coefficient (Wildman–Crippen LogP) is 2.42. The van der Waals surface area contributed by atoms with E-state index in [1.807, 2.05) is 13.8 Å². The highest BCUT2D eigenvalue weighted by molar-refractivity contribution is 7.89. The molecule has 0 saturated carbocycles. The van der Waals surface area contributed by atoms with Crippen molar-refractivity contribution in [3.8, 4) is 0 Å². The van der Waals surface area contributed by atoms with Gasteiger partial charge >= 0.3 is 5.97 Å². The monoisotopic (exact) mass is 317 g/mol. The van der Waals surface area contributed by atoms with Gasteiger partial charge in [0.1, 0.15) is 4.88 Å². The molecule has 2 unspecified atom stereocenters. The fourth-order valence-electron chi connectivity index (χ4n) is 2.77. The SMILES string of the molecule is Cc1sc(C(=O)O)cc1S(=O)(=O)N1CC(C)CC(C)C1. The van der Waals surface area contributed by atoms with Gasteiger partial charge in [-0.15, -0.1) is 11.3 Å². The van der Waals surface area contributed by atoms with Crippen LogP contribution in [-0.2, 0) is 10.0 Å². The molecule has 7 heteroatoms. The van der Waals surface area contributed by atoms with Gasteiger partial charge < -0.3 is 5.11 Å². The Morgan fingerprint density at radius 2 is 1.90 bits per heavy atom. The summed E-state index contributed by atoms with van der Waals surface area (Å²) in [5.41, 5.74) is 0. The maximum Gasteiger partial charge on any atom is 0.345 e. The summed E-state index contributed by atoms with van der Waals surface area (Å²) in [6.07, 6.45) is 1.02. The lowest BCUT2D eigenvalue weighted by Gasteiger charge is -2.34. The third-order valence-electron chi connectivity index (χ3n) is 3.54. The van der Waals surface area contributed by atoms with E-state index in [0.29, 0.717) is 29.8 Å². The van der Waals surface area contributed by atoms with Crippen LogP contribution in [0.25, 0.3) is 0 Å². The van der Waals surface area contributed by atoms with Crippen molar-refractivity contribution in [3.63, 3.8) is 0 Å². The first-order valence-electron chi connectivity index (χ1n) is 6.55. The van der Waals surface area contributed by atoms with E-state index in [-0.39, 0.29) is 9.77 Å². The highest BCUT2D eigenvalue weighted by atomic mass is 32.2. The second-order valence-electron chi connectivity index (χ2n) is 5.60. The third kappa shape index (κ3) is 2.89. The molecule has 0 spiro atoms. The number of thiophene rings is 1. The largest absolute Gasteiger partial charge is 0.477 e. The normalized spacial score (nSPS) is 24.8. The first-order chi connectivity index (χ1) is 9.21. The number of hydrogen-bond donors (Lipinski definition) is 1. The Bertz CT molecular complexity index is 610. The maximum absolute atomic E-state index is 12.7. The Morgan fingerprint density at radius 1 is 1.35 bits per heavy atom. The smallest absolute Gasteiger partial charge is 0.345 e. The van der Waals surface area contributed by atoms with Crippen LogP contribution in [0.5, 0.6) is 0 Å². The average molecular weight is 317 g/mol. The summed E-state index contributed by atoms with van der Waals surface area (Å²) in [7, 11) is -3.59. The predicted molar refractivity (Wildman–Crippen MR) is 77.7 cm³/mol. The van der Waals surface area contributed by atoms with Gasteiger partial charge in [-0.25, -0.2) is 13.2 Å². The van der Waals surface area contributed by atoms with Gasteiger partial charge in [-0.2, -0.15) is 4.31 Å². The van der Waals surface area contributed by atoms with E-state index in [1.165, 1.54) is 10.4 Å². The summed E-state index contributed by atoms with van der Waals surface area (Å²) < 4.78 is 26.8. The molecule has 1 aliphatic rings. The van der Waals surface area contributed by atoms with Crippen molar-refractivity contribution in [2.45, 2.75) is 32.1 Å². The molecule has 112 valence electrons. The van der Waals surface area contributed by atoms with E-state index >= 15 is 0 Å². The highest BCUT2D eigenvalue weighted by Gasteiger charge is 2.33. The van der Waals surface area contributed by atoms with Crippen LogP contribution in [-0.4, -0.2) is 36.9 Å². The minimum atomic E-state index is -3.59. The minimum Gasteiger partial charge on any atom is -0.477 e. The van der Waals surface area contributed by atoms with Gasteiger partial charge in [0.15, 0.2) is 0 Å². The van der Waals surface area contributed by atoms with Gasteiger partial charge in [-0.1, -0.05) is 13.8 Å². The van der Waals surface area contributed by atoms with Crippen molar-refractivity contribution in [2.75, 3.05) is 13.1 Å². The molecular formula is C13H19NO4S2. The van der Waals surface area contributed by atoms with Crippen molar-refractivity contribution in [1.29, 1.82) is 0 Å². The maximum atomic E-state index is 12.7. The molecule has 1 aromatic heterocycles. The lowest BCUT2D eigenvalue weighted by atomic mass is 9.94. The number of carboxylic acid groups (broad SMARTS) is 1. The number of nitrogens with zero attached hydrogens (tertiary/aromatic N) is 1. The molecule has 0 aliphatic carbocycles. The molecule has 5 nitrogen and oxygen atoms in total. The molecule has 1 saturated heterocycles. The molecular weight excluding hydrogens is 298 g/mol. The summed E-state index contributed by atoms with van der Waals surface area (Å²) in [6, 6.07) is 1.28. The van der Waals surface area contributed by atoms with Crippen LogP contribution < -0.4 is 0 Å². The highest BCUT2D eigenvalue weighted by Crippen LogP contribution is 2.31. The van der Waals surface area contributed by atoms with E-state index in [1.54, 1.807) is 6.92 Å². The van der Waals surface area contributed by atoms with E-state index in [9.17, 15) is 13.2 Å². The number of rotatable bonds is 3. The number of hydrogen-bond acceptors (Lipinski definition) is 4. The van der Waals surface area contributed by atoms with Gasteiger partial charge in [0, 0.05) is 18.0 Å². The molecule has 1 aromatic rings. The van der Waals surface area contributed by atoms with Crippen LogP contribution in [0.4, 0.5) is 0 Å². The Kier molecular flexibility index (Phi) is 4.22. The molecule has 20 heavy (non-hydrogen) atoms. The summed E-state index contributed by atoms with van der Waals surface area (Å²) in [4.78, 5) is 11.7. The first kappa shape index (κ1) is 15.5. The molecule has 2 atom stereocenters. The Hall–Kier alpha value is -0.920. The second-order valence-corrected chi connectivity index (χ2v) is 8.77. The standard InChI is InChI=1S/C13H19NO4S2/c1-8-4-9(2)7-14(6-8)20(17,18)12-5-11(13(15)16)19-10(12)3/h5,8-9H,4,6-7H2,1-3H3,(H,15,16). The van der Waals surface area contributed by atoms with E-state index in [4.69, 9.17) is 5.11 Å². The second kappa shape index (κ2) is 5.46. The molecule has 1 N–H and O–H groups in total. The Morgan fingerprint density at radius 3 is 2.35 bits per heavy atom. The summed E-state index contributed by atoms with van der Waals surface area (Å²) in [5, 5.41) is 8.98. The quantitative estimate of drug-likeness (QED) is 0.929. The number of sulfonamides is 1. The lowest BCUT2D eigenvalue weighted by molar-refractivity contribution is 0.0702. The summed E-state index contributed by atoms with van der Waals surface area (Å²) in [5.74, 6) is -0.433. The van der Waals surface area contributed by atoms with E-state index < -0.39 is 16.0 Å². The van der Waals surface area contributed by atoms with Crippen molar-refractivity contribution < 1.29 is 18.3 Å². The van der Waals surface area contributed by atoms with Crippen molar-refractivity contribution >= 4 is 27.3 Å². The molecule has 0 radical (unpaired) electrons. The zero-order valence-corrected chi connectivity index (χ0v) is 13.4. The van der Waals surface area contributed by atoms with E-state index in [2.05, 4.69) is 0 Å². The molecule has 2 heterocycles. The average Bonchev–Trinajstić information content (AvgIpc) is 2.71. The first-order valence-corrected chi connectivity index (χ1v) is 8.81. The summed E-state index contributed by atoms with van der Waals surface area (Å²) in [6.45, 7) is 6.75.